The number of nitrogens with zero attached hydrogens (tertiary/aromatic N) is 3. The smallest absolute Gasteiger partial charge is 0.319 e. The number of benzene rings is 1. The van der Waals surface area contributed by atoms with E-state index >= 15 is 0 Å². The van der Waals surface area contributed by atoms with E-state index in [4.69, 9.17) is 4.74 Å². The number of urea groups is 1. The lowest BCUT2D eigenvalue weighted by Gasteiger charge is -2.38. The molecule has 1 aromatic rings. The first-order valence-electron chi connectivity index (χ1n) is 8.57. The van der Waals surface area contributed by atoms with Crippen LogP contribution in [0.1, 0.15) is 12.0 Å². The summed E-state index contributed by atoms with van der Waals surface area (Å²) in [4.78, 5) is 30.1. The van der Waals surface area contributed by atoms with Crippen molar-refractivity contribution in [3.05, 3.63) is 35.6 Å². The third kappa shape index (κ3) is 3.92. The van der Waals surface area contributed by atoms with E-state index in [1.807, 2.05) is 6.07 Å². The summed E-state index contributed by atoms with van der Waals surface area (Å²) in [5.74, 6) is -0.518. The summed E-state index contributed by atoms with van der Waals surface area (Å²) in [6.07, 6.45) is 0.311. The molecule has 0 aromatic heterocycles. The summed E-state index contributed by atoms with van der Waals surface area (Å²) < 4.78 is 19.3. The molecule has 2 aliphatic rings. The molecule has 6 nitrogen and oxygen atoms in total. The molecule has 25 heavy (non-hydrogen) atoms. The second-order valence-electron chi connectivity index (χ2n) is 6.82. The number of halogens is 1. The Balaban J connectivity index is 1.68. The van der Waals surface area contributed by atoms with Gasteiger partial charge in [-0.1, -0.05) is 12.1 Å². The molecule has 0 bridgehead atoms. The maximum absolute atomic E-state index is 13.4. The molecular formula is C18H24FN3O3. The van der Waals surface area contributed by atoms with Crippen LogP contribution >= 0.6 is 0 Å². The van der Waals surface area contributed by atoms with Crippen LogP contribution in [0.3, 0.4) is 0 Å². The Hall–Kier alpha value is -2.15. The number of fused-ring (bicyclic) bond motifs is 1. The molecule has 0 aliphatic carbocycles. The summed E-state index contributed by atoms with van der Waals surface area (Å²) in [5, 5.41) is 0. The van der Waals surface area contributed by atoms with Crippen LogP contribution in [0, 0.1) is 11.7 Å². The highest BCUT2D eigenvalue weighted by atomic mass is 19.1. The summed E-state index contributed by atoms with van der Waals surface area (Å²) in [7, 11) is 3.43. The summed E-state index contributed by atoms with van der Waals surface area (Å²) in [6, 6.07) is 6.25. The maximum Gasteiger partial charge on any atom is 0.319 e. The van der Waals surface area contributed by atoms with Crippen LogP contribution in [0.25, 0.3) is 0 Å². The molecule has 2 heterocycles. The molecule has 136 valence electrons. The monoisotopic (exact) mass is 349 g/mol. The number of likely N-dealkylation sites (tertiary alicyclic amines) is 1. The zero-order valence-corrected chi connectivity index (χ0v) is 14.7. The zero-order chi connectivity index (χ0) is 18.0. The molecule has 2 atom stereocenters. The minimum absolute atomic E-state index is 0.0312. The van der Waals surface area contributed by atoms with Crippen molar-refractivity contribution in [2.75, 3.05) is 40.3 Å². The first kappa shape index (κ1) is 17.7. The predicted octanol–water partition coefficient (Wildman–Crippen LogP) is 1.56. The van der Waals surface area contributed by atoms with E-state index in [2.05, 4.69) is 0 Å². The average Bonchev–Trinajstić information content (AvgIpc) is 2.73. The van der Waals surface area contributed by atoms with E-state index in [0.717, 1.165) is 5.56 Å². The van der Waals surface area contributed by atoms with Crippen LogP contribution in [0.5, 0.6) is 0 Å². The van der Waals surface area contributed by atoms with Crippen LogP contribution in [0.4, 0.5) is 9.18 Å². The van der Waals surface area contributed by atoms with Gasteiger partial charge < -0.3 is 19.4 Å². The Labute approximate surface area is 147 Å². The molecule has 0 radical (unpaired) electrons. The number of piperidine rings is 1. The number of amides is 3. The summed E-state index contributed by atoms with van der Waals surface area (Å²) in [6.45, 7) is 2.25. The quantitative estimate of drug-likeness (QED) is 0.814. The first-order valence-corrected chi connectivity index (χ1v) is 8.57. The van der Waals surface area contributed by atoms with Gasteiger partial charge in [-0.15, -0.1) is 0 Å². The van der Waals surface area contributed by atoms with Gasteiger partial charge in [-0.2, -0.15) is 0 Å². The van der Waals surface area contributed by atoms with Gasteiger partial charge in [0.05, 0.1) is 18.6 Å². The largest absolute Gasteiger partial charge is 0.374 e. The van der Waals surface area contributed by atoms with Crippen molar-refractivity contribution < 1.29 is 18.7 Å². The molecule has 0 saturated carbocycles. The molecule has 3 rings (SSSR count). The summed E-state index contributed by atoms with van der Waals surface area (Å²) >= 11 is 0. The van der Waals surface area contributed by atoms with Gasteiger partial charge >= 0.3 is 6.03 Å². The number of hydrogen-bond donors (Lipinski definition) is 0. The second kappa shape index (κ2) is 7.39. The van der Waals surface area contributed by atoms with Gasteiger partial charge in [-0.25, -0.2) is 9.18 Å². The van der Waals surface area contributed by atoms with E-state index in [9.17, 15) is 14.0 Å². The third-order valence-electron chi connectivity index (χ3n) is 4.80. The standard InChI is InChI=1S/C18H24FN3O3/c1-20(2)18(24)22-7-6-15-16(12-22)25-9-8-21(17(15)23)11-13-4-3-5-14(19)10-13/h3-5,10,15-16H,6-9,11-12H2,1-2H3/t15-,16-/m0/s1. The average molecular weight is 349 g/mol. The van der Waals surface area contributed by atoms with Crippen LogP contribution in [0.2, 0.25) is 0 Å². The second-order valence-corrected chi connectivity index (χ2v) is 6.82. The fourth-order valence-electron chi connectivity index (χ4n) is 3.50. The Morgan fingerprint density at radius 2 is 2.16 bits per heavy atom. The molecule has 0 spiro atoms. The van der Waals surface area contributed by atoms with Crippen molar-refractivity contribution in [2.45, 2.75) is 19.1 Å². The SMILES string of the molecule is CN(C)C(=O)N1CC[C@@H]2C(=O)N(Cc3cccc(F)c3)CCO[C@H]2C1. The van der Waals surface area contributed by atoms with Gasteiger partial charge in [0.15, 0.2) is 0 Å². The summed E-state index contributed by atoms with van der Waals surface area (Å²) in [5.41, 5.74) is 0.770. The molecule has 1 aromatic carbocycles. The molecule has 2 aliphatic heterocycles. The highest BCUT2D eigenvalue weighted by molar-refractivity contribution is 5.81. The number of carbonyl (C=O) groups excluding carboxylic acids is 2. The van der Waals surface area contributed by atoms with Gasteiger partial charge in [0, 0.05) is 40.3 Å². The predicted molar refractivity (Wildman–Crippen MR) is 90.3 cm³/mol. The van der Waals surface area contributed by atoms with Crippen LogP contribution in [0.15, 0.2) is 24.3 Å². The van der Waals surface area contributed by atoms with E-state index < -0.39 is 0 Å². The van der Waals surface area contributed by atoms with Gasteiger partial charge in [0.2, 0.25) is 5.91 Å². The maximum atomic E-state index is 13.4. The Kier molecular flexibility index (Phi) is 5.22. The minimum atomic E-state index is -0.301. The molecule has 0 unspecified atom stereocenters. The molecule has 3 amide bonds. The van der Waals surface area contributed by atoms with Crippen molar-refractivity contribution in [3.8, 4) is 0 Å². The van der Waals surface area contributed by atoms with Crippen molar-refractivity contribution in [1.29, 1.82) is 0 Å². The van der Waals surface area contributed by atoms with E-state index in [1.165, 1.54) is 17.0 Å². The zero-order valence-electron chi connectivity index (χ0n) is 14.7. The fraction of sp³-hybridized carbons (Fsp3) is 0.556. The third-order valence-corrected chi connectivity index (χ3v) is 4.80. The number of rotatable bonds is 2. The van der Waals surface area contributed by atoms with Crippen LogP contribution in [-0.4, -0.2) is 73.1 Å². The van der Waals surface area contributed by atoms with Gasteiger partial charge in [-0.3, -0.25) is 4.79 Å². The lowest BCUT2D eigenvalue weighted by atomic mass is 9.92. The Bertz CT molecular complexity index is 652. The van der Waals surface area contributed by atoms with E-state index in [0.29, 0.717) is 39.2 Å². The fourth-order valence-corrected chi connectivity index (χ4v) is 3.50. The van der Waals surface area contributed by atoms with Crippen LogP contribution in [-0.2, 0) is 16.1 Å². The lowest BCUT2D eigenvalue weighted by molar-refractivity contribution is -0.139. The van der Waals surface area contributed by atoms with E-state index in [1.54, 1.807) is 30.0 Å². The molecule has 2 saturated heterocycles. The van der Waals surface area contributed by atoms with Crippen molar-refractivity contribution in [1.82, 2.24) is 14.7 Å². The Morgan fingerprint density at radius 3 is 2.88 bits per heavy atom. The Morgan fingerprint density at radius 1 is 1.36 bits per heavy atom. The normalized spacial score (nSPS) is 23.9. The van der Waals surface area contributed by atoms with Crippen LogP contribution < -0.4 is 0 Å². The molecular weight excluding hydrogens is 325 g/mol. The van der Waals surface area contributed by atoms with Crippen molar-refractivity contribution in [2.24, 2.45) is 5.92 Å². The molecule has 2 fully saturated rings. The van der Waals surface area contributed by atoms with Gasteiger partial charge in [-0.05, 0) is 24.1 Å². The van der Waals surface area contributed by atoms with E-state index in [-0.39, 0.29) is 29.8 Å². The lowest BCUT2D eigenvalue weighted by Crippen LogP contribution is -2.53. The molecule has 7 heteroatoms. The minimum Gasteiger partial charge on any atom is -0.374 e. The molecule has 0 N–H and O–H groups in total. The van der Waals surface area contributed by atoms with Crippen molar-refractivity contribution in [3.63, 3.8) is 0 Å². The topological polar surface area (TPSA) is 53.1 Å². The highest BCUT2D eigenvalue weighted by Crippen LogP contribution is 2.26. The van der Waals surface area contributed by atoms with Gasteiger partial charge in [0.1, 0.15) is 5.82 Å². The number of hydrogen-bond acceptors (Lipinski definition) is 3. The number of carbonyl (C=O) groups is 2. The first-order chi connectivity index (χ1) is 12.0. The highest BCUT2D eigenvalue weighted by Gasteiger charge is 2.40. The van der Waals surface area contributed by atoms with Crippen molar-refractivity contribution >= 4 is 11.9 Å². The number of ether oxygens (including phenoxy) is 1. The van der Waals surface area contributed by atoms with Gasteiger partial charge in [0.25, 0.3) is 0 Å².